The summed E-state index contributed by atoms with van der Waals surface area (Å²) in [5, 5.41) is 7.43. The number of ether oxygens (including phenoxy) is 2. The Morgan fingerprint density at radius 3 is 2.21 bits per heavy atom. The first-order chi connectivity index (χ1) is 23.3. The Labute approximate surface area is 290 Å². The van der Waals surface area contributed by atoms with Gasteiger partial charge in [0.05, 0.1) is 35.7 Å². The Morgan fingerprint density at radius 2 is 1.52 bits per heavy atom. The van der Waals surface area contributed by atoms with Crippen LogP contribution in [0.15, 0.2) is 60.8 Å². The maximum atomic E-state index is 11.7. The summed E-state index contributed by atoms with van der Waals surface area (Å²) in [6.07, 6.45) is 2.37. The van der Waals surface area contributed by atoms with Gasteiger partial charge in [-0.05, 0) is 18.2 Å². The number of benzene rings is 2. The molecule has 1 amide bonds. The van der Waals surface area contributed by atoms with Crippen LogP contribution in [-0.4, -0.2) is 85.7 Å². The minimum absolute atomic E-state index is 0.0809. The van der Waals surface area contributed by atoms with Gasteiger partial charge in [0.1, 0.15) is 5.75 Å². The van der Waals surface area contributed by atoms with E-state index in [1.54, 1.807) is 20.4 Å². The van der Waals surface area contributed by atoms with Crippen LogP contribution in [0.2, 0.25) is 10.0 Å². The van der Waals surface area contributed by atoms with E-state index in [4.69, 9.17) is 37.7 Å². The summed E-state index contributed by atoms with van der Waals surface area (Å²) in [6, 6.07) is 18.0. The lowest BCUT2D eigenvalue weighted by molar-refractivity contribution is -0.120. The van der Waals surface area contributed by atoms with Crippen molar-refractivity contribution in [3.63, 3.8) is 0 Å². The van der Waals surface area contributed by atoms with E-state index >= 15 is 0 Å². The summed E-state index contributed by atoms with van der Waals surface area (Å²) in [5.74, 6) is 1.54. The standard InChI is InChI=1S/C37H38Cl2N6O3/c1-47-30-12-23(6-7-24(30)14-44-19-36(20-44)13-31(46)42-18-36)34-33(39)27(10-11-41-34)26-4-3-5-28(32(26)38)29-9-8-25(35(43-29)48-2)15-45-21-37(22-45)16-40-17-37/h3-12,40H,13-22H2,1-2H3,(H,42,46). The van der Waals surface area contributed by atoms with Crippen LogP contribution in [0.4, 0.5) is 0 Å². The number of nitrogens with zero attached hydrogens (tertiary/aromatic N) is 4. The van der Waals surface area contributed by atoms with Crippen LogP contribution in [0, 0.1) is 10.8 Å². The molecule has 4 aliphatic heterocycles. The van der Waals surface area contributed by atoms with Gasteiger partial charge in [0.25, 0.3) is 0 Å². The SMILES string of the molecule is COc1cc(-c2nccc(-c3cccc(-c4ccc(CN5CC6(CNC6)C5)c(OC)n4)c3Cl)c2Cl)ccc1CN1CC2(CNC(=O)C2)C1. The molecule has 0 saturated carbocycles. The first-order valence-electron chi connectivity index (χ1n) is 16.3. The van der Waals surface area contributed by atoms with E-state index in [1.165, 1.54) is 0 Å². The van der Waals surface area contributed by atoms with Crippen LogP contribution in [0.1, 0.15) is 17.5 Å². The van der Waals surface area contributed by atoms with Crippen molar-refractivity contribution in [1.82, 2.24) is 30.4 Å². The fourth-order valence-electron chi connectivity index (χ4n) is 7.92. The molecule has 0 unspecified atom stereocenters. The molecule has 4 saturated heterocycles. The summed E-state index contributed by atoms with van der Waals surface area (Å²) >= 11 is 14.2. The van der Waals surface area contributed by atoms with Crippen LogP contribution in [0.25, 0.3) is 33.6 Å². The van der Waals surface area contributed by atoms with Crippen LogP contribution < -0.4 is 20.1 Å². The number of rotatable bonds is 9. The topological polar surface area (TPSA) is 91.8 Å². The Morgan fingerprint density at radius 1 is 0.812 bits per heavy atom. The molecule has 2 aromatic heterocycles. The van der Waals surface area contributed by atoms with Gasteiger partial charge in [0.2, 0.25) is 11.8 Å². The van der Waals surface area contributed by atoms with Gasteiger partial charge in [-0.2, -0.15) is 0 Å². The Hall–Kier alpha value is -3.73. The molecule has 4 fully saturated rings. The number of amides is 1. The smallest absolute Gasteiger partial charge is 0.220 e. The van der Waals surface area contributed by atoms with Gasteiger partial charge in [-0.1, -0.05) is 59.6 Å². The zero-order valence-corrected chi connectivity index (χ0v) is 28.6. The average Bonchev–Trinajstić information content (AvgIpc) is 3.44. The second kappa shape index (κ2) is 12.3. The molecule has 8 rings (SSSR count). The Balaban J connectivity index is 1.03. The molecule has 2 N–H and O–H groups in total. The van der Waals surface area contributed by atoms with E-state index in [2.05, 4.69) is 37.6 Å². The molecule has 248 valence electrons. The highest BCUT2D eigenvalue weighted by Gasteiger charge is 2.48. The predicted molar refractivity (Wildman–Crippen MR) is 187 cm³/mol. The van der Waals surface area contributed by atoms with E-state index in [9.17, 15) is 4.79 Å². The zero-order chi connectivity index (χ0) is 33.0. The first kappa shape index (κ1) is 31.5. The van der Waals surface area contributed by atoms with Gasteiger partial charge in [0.15, 0.2) is 0 Å². The fraction of sp³-hybridized carbons (Fsp3) is 0.378. The van der Waals surface area contributed by atoms with Crippen molar-refractivity contribution >= 4 is 29.1 Å². The van der Waals surface area contributed by atoms with Crippen molar-refractivity contribution in [2.75, 3.05) is 60.0 Å². The summed E-state index contributed by atoms with van der Waals surface area (Å²) in [4.78, 5) is 26.1. The molecule has 11 heteroatoms. The van der Waals surface area contributed by atoms with Crippen LogP contribution in [-0.2, 0) is 17.9 Å². The van der Waals surface area contributed by atoms with Gasteiger partial charge >= 0.3 is 0 Å². The molecular formula is C37H38Cl2N6O3. The maximum absolute atomic E-state index is 11.7. The molecule has 0 atom stereocenters. The molecular weight excluding hydrogens is 647 g/mol. The predicted octanol–water partition coefficient (Wildman–Crippen LogP) is 5.53. The lowest BCUT2D eigenvalue weighted by Gasteiger charge is -2.56. The minimum atomic E-state index is 0.0809. The summed E-state index contributed by atoms with van der Waals surface area (Å²) in [6.45, 7) is 8.55. The Kier molecular flexibility index (Phi) is 8.08. The second-order valence-corrected chi connectivity index (χ2v) is 14.7. The number of pyridine rings is 2. The molecule has 0 radical (unpaired) electrons. The quantitative estimate of drug-likeness (QED) is 0.238. The summed E-state index contributed by atoms with van der Waals surface area (Å²) in [7, 11) is 3.34. The molecule has 4 aromatic rings. The van der Waals surface area contributed by atoms with E-state index in [1.807, 2.05) is 42.5 Å². The molecule has 48 heavy (non-hydrogen) atoms. The highest BCUT2D eigenvalue weighted by atomic mass is 35.5. The van der Waals surface area contributed by atoms with Crippen LogP contribution in [0.3, 0.4) is 0 Å². The lowest BCUT2D eigenvalue weighted by atomic mass is 9.74. The van der Waals surface area contributed by atoms with Crippen molar-refractivity contribution in [2.45, 2.75) is 19.5 Å². The highest BCUT2D eigenvalue weighted by molar-refractivity contribution is 6.39. The third kappa shape index (κ3) is 5.61. The largest absolute Gasteiger partial charge is 0.496 e. The highest BCUT2D eigenvalue weighted by Crippen LogP contribution is 2.43. The lowest BCUT2D eigenvalue weighted by Crippen LogP contribution is -2.70. The van der Waals surface area contributed by atoms with E-state index in [-0.39, 0.29) is 11.3 Å². The van der Waals surface area contributed by atoms with E-state index in [0.29, 0.717) is 33.5 Å². The molecule has 4 aliphatic rings. The van der Waals surface area contributed by atoms with Gasteiger partial charge in [-0.15, -0.1) is 0 Å². The summed E-state index contributed by atoms with van der Waals surface area (Å²) in [5.41, 5.74) is 7.30. The molecule has 2 spiro atoms. The molecule has 2 aromatic carbocycles. The van der Waals surface area contributed by atoms with Gasteiger partial charge in [0, 0.05) is 116 Å². The van der Waals surface area contributed by atoms with Crippen molar-refractivity contribution in [2.24, 2.45) is 10.8 Å². The number of nitrogens with one attached hydrogen (secondary N) is 2. The number of methoxy groups -OCH3 is 2. The summed E-state index contributed by atoms with van der Waals surface area (Å²) < 4.78 is 11.6. The van der Waals surface area contributed by atoms with Crippen molar-refractivity contribution in [3.8, 4) is 45.3 Å². The third-order valence-corrected chi connectivity index (χ3v) is 11.2. The number of hydrogen-bond acceptors (Lipinski definition) is 8. The minimum Gasteiger partial charge on any atom is -0.496 e. The van der Waals surface area contributed by atoms with E-state index in [0.717, 1.165) is 104 Å². The molecule has 6 heterocycles. The van der Waals surface area contributed by atoms with Crippen LogP contribution in [0.5, 0.6) is 11.6 Å². The number of hydrogen-bond donors (Lipinski definition) is 2. The second-order valence-electron chi connectivity index (χ2n) is 13.9. The average molecular weight is 686 g/mol. The first-order valence-corrected chi connectivity index (χ1v) is 17.1. The van der Waals surface area contributed by atoms with Gasteiger partial charge < -0.3 is 20.1 Å². The fourth-order valence-corrected chi connectivity index (χ4v) is 8.56. The number of carbonyl (C=O) groups excluding carboxylic acids is 1. The number of aromatic nitrogens is 2. The van der Waals surface area contributed by atoms with E-state index < -0.39 is 0 Å². The molecule has 9 nitrogen and oxygen atoms in total. The monoisotopic (exact) mass is 684 g/mol. The Bertz CT molecular complexity index is 1900. The van der Waals surface area contributed by atoms with Gasteiger partial charge in [-0.25, -0.2) is 4.98 Å². The maximum Gasteiger partial charge on any atom is 0.220 e. The zero-order valence-electron chi connectivity index (χ0n) is 27.1. The number of carbonyl (C=O) groups is 1. The third-order valence-electron chi connectivity index (χ3n) is 10.4. The van der Waals surface area contributed by atoms with Crippen molar-refractivity contribution in [3.05, 3.63) is 82.0 Å². The number of halogens is 2. The molecule has 0 aliphatic carbocycles. The van der Waals surface area contributed by atoms with Crippen molar-refractivity contribution in [1.29, 1.82) is 0 Å². The van der Waals surface area contributed by atoms with Crippen LogP contribution >= 0.6 is 23.2 Å². The van der Waals surface area contributed by atoms with Gasteiger partial charge in [-0.3, -0.25) is 19.6 Å². The number of likely N-dealkylation sites (tertiary alicyclic amines) is 2. The normalized spacial score (nSPS) is 19.5. The van der Waals surface area contributed by atoms with Crippen molar-refractivity contribution < 1.29 is 14.3 Å². The molecule has 0 bridgehead atoms.